The summed E-state index contributed by atoms with van der Waals surface area (Å²) < 4.78 is 32.8. The normalized spacial score (nSPS) is 17.6. The Morgan fingerprint density at radius 3 is 1.66 bits per heavy atom. The molecule has 0 aliphatic heterocycles. The van der Waals surface area contributed by atoms with E-state index in [2.05, 4.69) is 0 Å². The van der Waals surface area contributed by atoms with Gasteiger partial charge in [0.2, 0.25) is 0 Å². The minimum atomic E-state index is -4.48. The van der Waals surface area contributed by atoms with Crippen molar-refractivity contribution in [2.24, 2.45) is 0 Å². The third kappa shape index (κ3) is 8.96. The Balaban J connectivity index is 5.42. The van der Waals surface area contributed by atoms with E-state index >= 15 is 0 Å². The van der Waals surface area contributed by atoms with Crippen LogP contribution >= 0.6 is 0 Å². The molecule has 3 N–H and O–H groups in total. The molecule has 0 aliphatic rings. The second-order valence-electron chi connectivity index (χ2n) is 8.75. The van der Waals surface area contributed by atoms with Gasteiger partial charge in [-0.1, -0.05) is 53.4 Å². The van der Waals surface area contributed by atoms with Gasteiger partial charge in [-0.2, -0.15) is 0 Å². The summed E-state index contributed by atoms with van der Waals surface area (Å²) in [5.41, 5.74) is -2.55. The van der Waals surface area contributed by atoms with Crippen LogP contribution in [0.5, 0.6) is 0 Å². The molecule has 3 unspecified atom stereocenters. The van der Waals surface area contributed by atoms with E-state index in [1.165, 1.54) is 0 Å². The van der Waals surface area contributed by atoms with E-state index in [9.17, 15) is 33.3 Å². The second kappa shape index (κ2) is 13.5. The van der Waals surface area contributed by atoms with Crippen molar-refractivity contribution in [1.29, 1.82) is 0 Å². The number of esters is 2. The van der Waals surface area contributed by atoms with Gasteiger partial charge in [-0.25, -0.2) is 8.42 Å². The highest BCUT2D eigenvalue weighted by atomic mass is 32.2. The lowest BCUT2D eigenvalue weighted by Gasteiger charge is -2.31. The lowest BCUT2D eigenvalue weighted by molar-refractivity contribution is -0.161. The van der Waals surface area contributed by atoms with Gasteiger partial charge in [0, 0.05) is 0 Å². The summed E-state index contributed by atoms with van der Waals surface area (Å²) in [5, 5.41) is 30.5. The van der Waals surface area contributed by atoms with E-state index in [1.807, 2.05) is 13.8 Å². The largest absolute Gasteiger partial charge is 0.463 e. The molecule has 0 aromatic heterocycles. The van der Waals surface area contributed by atoms with Crippen molar-refractivity contribution in [2.75, 3.05) is 19.2 Å². The number of carbonyl (C=O) groups excluding carboxylic acids is 2. The number of aliphatic hydroxyl groups is 3. The monoisotopic (exact) mass is 482 g/mol. The van der Waals surface area contributed by atoms with Crippen LogP contribution in [-0.2, 0) is 28.9 Å². The summed E-state index contributed by atoms with van der Waals surface area (Å²) in [5.74, 6) is -3.62. The number of carbonyl (C=O) groups is 2. The highest BCUT2D eigenvalue weighted by molar-refractivity contribution is 7.93. The first-order chi connectivity index (χ1) is 14.8. The van der Waals surface area contributed by atoms with Gasteiger partial charge in [0.15, 0.2) is 14.6 Å². The van der Waals surface area contributed by atoms with Crippen molar-refractivity contribution in [3.05, 3.63) is 0 Å². The van der Waals surface area contributed by atoms with E-state index < -0.39 is 56.7 Å². The maximum Gasteiger partial charge on any atom is 0.328 e. The van der Waals surface area contributed by atoms with Gasteiger partial charge in [0.1, 0.15) is 19.2 Å². The first-order valence-corrected chi connectivity index (χ1v) is 13.0. The molecule has 0 aromatic carbocycles. The molecule has 0 saturated carbocycles. The Morgan fingerprint density at radius 1 is 0.844 bits per heavy atom. The van der Waals surface area contributed by atoms with E-state index in [-0.39, 0.29) is 6.61 Å². The minimum Gasteiger partial charge on any atom is -0.463 e. The SMILES string of the molecule is CCCCC(O)(CC)COC(=O)CC(C)(C(=O)OCC(O)(CC)CCCC)S(=O)(=O)CO. The van der Waals surface area contributed by atoms with Crippen molar-refractivity contribution in [3.63, 3.8) is 0 Å². The topological polar surface area (TPSA) is 147 Å². The molecule has 10 heteroatoms. The van der Waals surface area contributed by atoms with Crippen LogP contribution in [-0.4, -0.2) is 70.8 Å². The van der Waals surface area contributed by atoms with E-state index in [1.54, 1.807) is 13.8 Å². The molecule has 0 heterocycles. The number of hydrogen-bond acceptors (Lipinski definition) is 9. The molecule has 3 atom stereocenters. The van der Waals surface area contributed by atoms with Crippen LogP contribution in [0.2, 0.25) is 0 Å². The first-order valence-electron chi connectivity index (χ1n) is 11.4. The Kier molecular flexibility index (Phi) is 13.0. The molecule has 0 bridgehead atoms. The summed E-state index contributed by atoms with van der Waals surface area (Å²) in [6.45, 7) is 7.59. The van der Waals surface area contributed by atoms with Crippen molar-refractivity contribution < 1.29 is 42.8 Å². The number of ether oxygens (including phenoxy) is 2. The van der Waals surface area contributed by atoms with Crippen LogP contribution in [0.25, 0.3) is 0 Å². The molecule has 0 rings (SSSR count). The van der Waals surface area contributed by atoms with Gasteiger partial charge >= 0.3 is 11.9 Å². The lowest BCUT2D eigenvalue weighted by Crippen LogP contribution is -2.50. The summed E-state index contributed by atoms with van der Waals surface area (Å²) in [4.78, 5) is 25.2. The van der Waals surface area contributed by atoms with Crippen molar-refractivity contribution in [1.82, 2.24) is 0 Å². The van der Waals surface area contributed by atoms with Gasteiger partial charge in [-0.3, -0.25) is 9.59 Å². The average Bonchev–Trinajstić information content (AvgIpc) is 2.78. The summed E-state index contributed by atoms with van der Waals surface area (Å²) in [6, 6.07) is 0. The third-order valence-electron chi connectivity index (χ3n) is 6.05. The fraction of sp³-hybridized carbons (Fsp3) is 0.909. The molecule has 0 aliphatic carbocycles. The highest BCUT2D eigenvalue weighted by Gasteiger charge is 2.50. The summed E-state index contributed by atoms with van der Waals surface area (Å²) in [6.07, 6.45) is 3.60. The average molecular weight is 483 g/mol. The van der Waals surface area contributed by atoms with Gasteiger partial charge in [0.25, 0.3) is 0 Å². The first kappa shape index (κ1) is 30.8. The van der Waals surface area contributed by atoms with Crippen molar-refractivity contribution in [2.45, 2.75) is 108 Å². The zero-order chi connectivity index (χ0) is 25.1. The molecule has 0 radical (unpaired) electrons. The van der Waals surface area contributed by atoms with Crippen LogP contribution in [0.15, 0.2) is 0 Å². The number of rotatable bonds is 17. The van der Waals surface area contributed by atoms with Crippen molar-refractivity contribution in [3.8, 4) is 0 Å². The summed E-state index contributed by atoms with van der Waals surface area (Å²) >= 11 is 0. The van der Waals surface area contributed by atoms with E-state index in [0.717, 1.165) is 26.2 Å². The molecule has 9 nitrogen and oxygen atoms in total. The molecule has 0 amide bonds. The van der Waals surface area contributed by atoms with Gasteiger partial charge in [-0.15, -0.1) is 0 Å². The number of unbranched alkanes of at least 4 members (excludes halogenated alkanes) is 2. The van der Waals surface area contributed by atoms with E-state index in [0.29, 0.717) is 32.1 Å². The molecule has 0 saturated heterocycles. The van der Waals surface area contributed by atoms with Crippen LogP contribution in [0.4, 0.5) is 0 Å². The molecular formula is C22H42O9S. The van der Waals surface area contributed by atoms with Crippen LogP contribution in [0, 0.1) is 0 Å². The predicted molar refractivity (Wildman–Crippen MR) is 120 cm³/mol. The smallest absolute Gasteiger partial charge is 0.328 e. The predicted octanol–water partition coefficient (Wildman–Crippen LogP) is 2.25. The summed E-state index contributed by atoms with van der Waals surface area (Å²) in [7, 11) is -4.48. The fourth-order valence-electron chi connectivity index (χ4n) is 3.06. The zero-order valence-corrected chi connectivity index (χ0v) is 21.0. The number of aliphatic hydroxyl groups excluding tert-OH is 1. The standard InChI is InChI=1S/C22H42O9S/c1-6-10-12-21(26,8-3)15-30-18(24)14-20(5,32(28,29)17-23)19(25)31-16-22(27,9-4)13-11-7-2/h23,26-27H,6-17H2,1-5H3. The quantitative estimate of drug-likeness (QED) is 0.265. The zero-order valence-electron chi connectivity index (χ0n) is 20.2. The second-order valence-corrected chi connectivity index (χ2v) is 11.1. The Bertz CT molecular complexity index is 694. The highest BCUT2D eigenvalue weighted by Crippen LogP contribution is 2.28. The number of hydrogen-bond donors (Lipinski definition) is 3. The number of sulfone groups is 1. The minimum absolute atomic E-state index is 0.291. The van der Waals surface area contributed by atoms with Crippen LogP contribution in [0.1, 0.15) is 92.4 Å². The van der Waals surface area contributed by atoms with Crippen molar-refractivity contribution >= 4 is 21.8 Å². The fourth-order valence-corrected chi connectivity index (χ4v) is 3.99. The van der Waals surface area contributed by atoms with Crippen LogP contribution < -0.4 is 0 Å². The van der Waals surface area contributed by atoms with Gasteiger partial charge < -0.3 is 24.8 Å². The Morgan fingerprint density at radius 2 is 1.28 bits per heavy atom. The Hall–Kier alpha value is -1.23. The van der Waals surface area contributed by atoms with E-state index in [4.69, 9.17) is 9.47 Å². The maximum absolute atomic E-state index is 12.8. The maximum atomic E-state index is 12.8. The molecule has 0 spiro atoms. The molecular weight excluding hydrogens is 440 g/mol. The molecule has 190 valence electrons. The molecule has 0 fully saturated rings. The molecule has 32 heavy (non-hydrogen) atoms. The lowest BCUT2D eigenvalue weighted by atomic mass is 9.94. The molecule has 0 aromatic rings. The van der Waals surface area contributed by atoms with Crippen LogP contribution in [0.3, 0.4) is 0 Å². The van der Waals surface area contributed by atoms with Gasteiger partial charge in [-0.05, 0) is 32.6 Å². The third-order valence-corrected chi connectivity index (χ3v) is 8.07. The Labute approximate surface area is 192 Å². The van der Waals surface area contributed by atoms with Gasteiger partial charge in [0.05, 0.1) is 17.6 Å².